The van der Waals surface area contributed by atoms with Gasteiger partial charge in [-0.1, -0.05) is 5.92 Å². The van der Waals surface area contributed by atoms with Crippen LogP contribution in [0, 0.1) is 12.3 Å². The van der Waals surface area contributed by atoms with Crippen molar-refractivity contribution in [1.29, 1.82) is 0 Å². The second-order valence-corrected chi connectivity index (χ2v) is 6.82. The van der Waals surface area contributed by atoms with Crippen molar-refractivity contribution < 1.29 is 38.1 Å². The molecule has 1 saturated heterocycles. The normalized spacial score (nSPS) is 27.0. The molecule has 0 radical (unpaired) electrons. The lowest BCUT2D eigenvalue weighted by Gasteiger charge is -2.45. The summed E-state index contributed by atoms with van der Waals surface area (Å²) in [6, 6.07) is -0.831. The van der Waals surface area contributed by atoms with Crippen molar-refractivity contribution in [3.8, 4) is 12.3 Å². The van der Waals surface area contributed by atoms with E-state index < -0.39 is 53.6 Å². The molecule has 0 aromatic heterocycles. The lowest BCUT2D eigenvalue weighted by atomic mass is 9.97. The van der Waals surface area contributed by atoms with E-state index in [1.807, 2.05) is 0 Å². The van der Waals surface area contributed by atoms with Gasteiger partial charge in [-0.25, -0.2) is 0 Å². The molecule has 5 atom stereocenters. The third-order valence-electron chi connectivity index (χ3n) is 3.40. The molecule has 0 aliphatic carbocycles. The van der Waals surface area contributed by atoms with Gasteiger partial charge in [0.1, 0.15) is 24.2 Å². The van der Waals surface area contributed by atoms with E-state index in [0.717, 1.165) is 0 Å². The van der Waals surface area contributed by atoms with Crippen LogP contribution in [-0.4, -0.2) is 66.0 Å². The molecular weight excluding hydrogens is 378 g/mol. The minimum Gasteiger partial charge on any atom is -0.463 e. The maximum absolute atomic E-state index is 11.7. The Labute approximate surface area is 161 Å². The van der Waals surface area contributed by atoms with Gasteiger partial charge in [0.15, 0.2) is 12.2 Å². The van der Waals surface area contributed by atoms with E-state index in [0.29, 0.717) is 0 Å². The molecule has 1 amide bonds. The van der Waals surface area contributed by atoms with Crippen LogP contribution in [0.2, 0.25) is 0 Å². The van der Waals surface area contributed by atoms with Gasteiger partial charge in [-0.2, -0.15) is 0 Å². The molecule has 1 fully saturated rings. The summed E-state index contributed by atoms with van der Waals surface area (Å²) < 4.78 is 21.5. The first-order valence-corrected chi connectivity index (χ1v) is 9.16. The molecule has 1 N–H and O–H groups in total. The fourth-order valence-corrected chi connectivity index (χ4v) is 3.48. The predicted molar refractivity (Wildman–Crippen MR) is 95.3 cm³/mol. The SMILES string of the molecule is C#CCS[C@@H]1OC(COC(C)=O)[C@H](OC(C)=O)C(OC(C)=O)[C@@H]1NC(C)=O. The van der Waals surface area contributed by atoms with Gasteiger partial charge in [0.2, 0.25) is 5.91 Å². The zero-order valence-corrected chi connectivity index (χ0v) is 16.4. The molecule has 0 bridgehead atoms. The molecule has 1 aliphatic rings. The Bertz CT molecular complexity index is 617. The van der Waals surface area contributed by atoms with Crippen molar-refractivity contribution in [2.75, 3.05) is 12.4 Å². The Morgan fingerprint density at radius 2 is 1.63 bits per heavy atom. The van der Waals surface area contributed by atoms with Gasteiger partial charge >= 0.3 is 17.9 Å². The smallest absolute Gasteiger partial charge is 0.303 e. The molecular formula is C17H23NO8S. The average molecular weight is 401 g/mol. The Morgan fingerprint density at radius 3 is 2.11 bits per heavy atom. The van der Waals surface area contributed by atoms with Crippen molar-refractivity contribution >= 4 is 35.6 Å². The Balaban J connectivity index is 3.25. The monoisotopic (exact) mass is 401 g/mol. The Morgan fingerprint density at radius 1 is 1.04 bits per heavy atom. The van der Waals surface area contributed by atoms with E-state index in [4.69, 9.17) is 25.4 Å². The fourth-order valence-electron chi connectivity index (χ4n) is 2.56. The van der Waals surface area contributed by atoms with Gasteiger partial charge in [0.05, 0.1) is 5.75 Å². The number of nitrogens with one attached hydrogen (secondary N) is 1. The second-order valence-electron chi connectivity index (χ2n) is 5.74. The number of esters is 3. The summed E-state index contributed by atoms with van der Waals surface area (Å²) in [7, 11) is 0. The van der Waals surface area contributed by atoms with Crippen LogP contribution in [0.3, 0.4) is 0 Å². The second kappa shape index (κ2) is 10.8. The van der Waals surface area contributed by atoms with Crippen LogP contribution in [0.1, 0.15) is 27.7 Å². The fraction of sp³-hybridized carbons (Fsp3) is 0.647. The first-order chi connectivity index (χ1) is 12.6. The van der Waals surface area contributed by atoms with Gasteiger partial charge in [-0.3, -0.25) is 19.2 Å². The molecule has 0 aromatic rings. The first-order valence-electron chi connectivity index (χ1n) is 8.11. The van der Waals surface area contributed by atoms with Crippen molar-refractivity contribution in [2.24, 2.45) is 0 Å². The van der Waals surface area contributed by atoms with Crippen LogP contribution < -0.4 is 5.32 Å². The number of hydrogen-bond donors (Lipinski definition) is 1. The van der Waals surface area contributed by atoms with E-state index in [1.54, 1.807) is 0 Å². The predicted octanol–water partition coefficient (Wildman–Crippen LogP) is 0.00890. The number of thioether (sulfide) groups is 1. The zero-order valence-electron chi connectivity index (χ0n) is 15.6. The quantitative estimate of drug-likeness (QED) is 0.357. The maximum atomic E-state index is 11.7. The molecule has 2 unspecified atom stereocenters. The summed E-state index contributed by atoms with van der Waals surface area (Å²) in [4.78, 5) is 46.0. The lowest BCUT2D eigenvalue weighted by molar-refractivity contribution is -0.211. The minimum absolute atomic E-state index is 0.231. The van der Waals surface area contributed by atoms with Crippen LogP contribution in [-0.2, 0) is 38.1 Å². The van der Waals surface area contributed by atoms with Gasteiger partial charge < -0.3 is 24.3 Å². The molecule has 10 heteroatoms. The van der Waals surface area contributed by atoms with Crippen LogP contribution in [0.5, 0.6) is 0 Å². The molecule has 1 rings (SSSR count). The third-order valence-corrected chi connectivity index (χ3v) is 4.47. The van der Waals surface area contributed by atoms with Crippen LogP contribution >= 0.6 is 11.8 Å². The summed E-state index contributed by atoms with van der Waals surface area (Å²) in [6.45, 7) is 4.65. The number of ether oxygens (including phenoxy) is 4. The van der Waals surface area contributed by atoms with Crippen LogP contribution in [0.25, 0.3) is 0 Å². The van der Waals surface area contributed by atoms with Crippen molar-refractivity contribution in [1.82, 2.24) is 5.32 Å². The molecule has 150 valence electrons. The summed E-state index contributed by atoms with van der Waals surface area (Å²) in [5.41, 5.74) is -0.721. The Hall–Kier alpha value is -2.25. The number of carbonyl (C=O) groups is 4. The van der Waals surface area contributed by atoms with E-state index in [2.05, 4.69) is 11.2 Å². The molecule has 0 spiro atoms. The van der Waals surface area contributed by atoms with Crippen LogP contribution in [0.15, 0.2) is 0 Å². The van der Waals surface area contributed by atoms with E-state index in [1.165, 1.54) is 39.5 Å². The van der Waals surface area contributed by atoms with Crippen molar-refractivity contribution in [2.45, 2.75) is 57.5 Å². The Kier molecular flexibility index (Phi) is 9.11. The highest BCUT2D eigenvalue weighted by molar-refractivity contribution is 8.00. The standard InChI is InChI=1S/C17H23NO8S/c1-6-7-27-17-14(18-9(2)19)16(25-12(5)22)15(24-11(4)21)13(26-17)8-23-10(3)20/h1,13-17H,7-8H2,2-5H3,(H,18,19)/t13?,14-,15-,16?,17-/m0/s1. The minimum atomic E-state index is -1.09. The third kappa shape index (κ3) is 7.48. The number of rotatable bonds is 7. The molecule has 0 saturated carbocycles. The van der Waals surface area contributed by atoms with Gasteiger partial charge in [-0.15, -0.1) is 18.2 Å². The van der Waals surface area contributed by atoms with Crippen molar-refractivity contribution in [3.63, 3.8) is 0 Å². The molecule has 0 aromatic carbocycles. The number of carbonyl (C=O) groups excluding carboxylic acids is 4. The van der Waals surface area contributed by atoms with E-state index in [-0.39, 0.29) is 12.4 Å². The summed E-state index contributed by atoms with van der Waals surface area (Å²) in [6.07, 6.45) is 2.23. The van der Waals surface area contributed by atoms with Crippen LogP contribution in [0.4, 0.5) is 0 Å². The molecule has 1 heterocycles. The highest BCUT2D eigenvalue weighted by Gasteiger charge is 2.50. The van der Waals surface area contributed by atoms with E-state index in [9.17, 15) is 19.2 Å². The zero-order chi connectivity index (χ0) is 20.6. The lowest BCUT2D eigenvalue weighted by Crippen LogP contribution is -2.65. The van der Waals surface area contributed by atoms with Crippen molar-refractivity contribution in [3.05, 3.63) is 0 Å². The number of amides is 1. The molecule has 1 aliphatic heterocycles. The average Bonchev–Trinajstić information content (AvgIpc) is 2.54. The van der Waals surface area contributed by atoms with Gasteiger partial charge in [0.25, 0.3) is 0 Å². The maximum Gasteiger partial charge on any atom is 0.303 e. The highest BCUT2D eigenvalue weighted by Crippen LogP contribution is 2.32. The first kappa shape index (κ1) is 22.8. The van der Waals surface area contributed by atoms with E-state index >= 15 is 0 Å². The molecule has 9 nitrogen and oxygen atoms in total. The topological polar surface area (TPSA) is 117 Å². The highest BCUT2D eigenvalue weighted by atomic mass is 32.2. The largest absolute Gasteiger partial charge is 0.463 e. The summed E-state index contributed by atoms with van der Waals surface area (Å²) in [5.74, 6) is 0.464. The summed E-state index contributed by atoms with van der Waals surface area (Å²) in [5, 5.41) is 2.66. The number of hydrogen-bond acceptors (Lipinski definition) is 9. The summed E-state index contributed by atoms with van der Waals surface area (Å²) >= 11 is 1.19. The number of terminal acetylenes is 1. The van der Waals surface area contributed by atoms with Gasteiger partial charge in [0, 0.05) is 27.7 Å². The molecule has 27 heavy (non-hydrogen) atoms. The van der Waals surface area contributed by atoms with Gasteiger partial charge in [-0.05, 0) is 0 Å².